The second-order valence-electron chi connectivity index (χ2n) is 4.18. The van der Waals surface area contributed by atoms with Crippen LogP contribution in [0.3, 0.4) is 0 Å². The summed E-state index contributed by atoms with van der Waals surface area (Å²) in [7, 11) is 0. The van der Waals surface area contributed by atoms with Crippen LogP contribution >= 0.6 is 11.6 Å². The Labute approximate surface area is 97.8 Å². The fraction of sp³-hybridized carbons (Fsp3) is 0.538. The van der Waals surface area contributed by atoms with Crippen LogP contribution in [0.5, 0.6) is 0 Å². The molecule has 0 aliphatic heterocycles. The smallest absolute Gasteiger partial charge is 0.0406 e. The van der Waals surface area contributed by atoms with Gasteiger partial charge in [-0.3, -0.25) is 0 Å². The van der Waals surface area contributed by atoms with Crippen LogP contribution < -0.4 is 5.32 Å². The van der Waals surface area contributed by atoms with Crippen molar-refractivity contribution in [3.05, 3.63) is 34.9 Å². The molecule has 2 heteroatoms. The van der Waals surface area contributed by atoms with E-state index >= 15 is 0 Å². The van der Waals surface area contributed by atoms with Gasteiger partial charge in [0.15, 0.2) is 0 Å². The lowest BCUT2D eigenvalue weighted by Gasteiger charge is -2.19. The minimum absolute atomic E-state index is 0.561. The van der Waals surface area contributed by atoms with Crippen molar-refractivity contribution in [2.24, 2.45) is 5.92 Å². The second kappa shape index (κ2) is 6.14. The molecule has 0 aliphatic rings. The van der Waals surface area contributed by atoms with Gasteiger partial charge in [-0.25, -0.2) is 0 Å². The molecule has 0 radical (unpaired) electrons. The summed E-state index contributed by atoms with van der Waals surface area (Å²) in [5.41, 5.74) is 1.29. The highest BCUT2D eigenvalue weighted by Crippen LogP contribution is 2.11. The normalized spacial score (nSPS) is 14.9. The van der Waals surface area contributed by atoms with E-state index in [0.29, 0.717) is 6.04 Å². The maximum atomic E-state index is 5.83. The standard InChI is InChI=1S/C13H20ClN/c1-4-10(2)11(3)15-9-12-5-7-13(14)8-6-12/h5-8,10-11,15H,4,9H2,1-3H3/t10-,11-/m1/s1. The molecule has 0 heterocycles. The number of hydrogen-bond acceptors (Lipinski definition) is 1. The van der Waals surface area contributed by atoms with Crippen molar-refractivity contribution < 1.29 is 0 Å². The third-order valence-corrected chi connectivity index (χ3v) is 3.29. The first-order chi connectivity index (χ1) is 7.13. The first-order valence-corrected chi connectivity index (χ1v) is 5.99. The first-order valence-electron chi connectivity index (χ1n) is 5.61. The van der Waals surface area contributed by atoms with Gasteiger partial charge in [0.05, 0.1) is 0 Å². The highest BCUT2D eigenvalue weighted by atomic mass is 35.5. The zero-order valence-electron chi connectivity index (χ0n) is 9.76. The molecule has 0 bridgehead atoms. The van der Waals surface area contributed by atoms with Gasteiger partial charge < -0.3 is 5.32 Å². The van der Waals surface area contributed by atoms with E-state index in [0.717, 1.165) is 17.5 Å². The molecule has 0 saturated heterocycles. The zero-order valence-corrected chi connectivity index (χ0v) is 10.5. The Bertz CT molecular complexity index is 281. The molecule has 84 valence electrons. The number of rotatable bonds is 5. The lowest BCUT2D eigenvalue weighted by Crippen LogP contribution is -2.31. The second-order valence-corrected chi connectivity index (χ2v) is 4.62. The summed E-state index contributed by atoms with van der Waals surface area (Å²) in [4.78, 5) is 0. The van der Waals surface area contributed by atoms with Crippen molar-refractivity contribution in [1.29, 1.82) is 0 Å². The summed E-state index contributed by atoms with van der Waals surface area (Å²) in [6.45, 7) is 7.66. The van der Waals surface area contributed by atoms with E-state index in [-0.39, 0.29) is 0 Å². The van der Waals surface area contributed by atoms with Gasteiger partial charge in [0.2, 0.25) is 0 Å². The van der Waals surface area contributed by atoms with Gasteiger partial charge in [0.1, 0.15) is 0 Å². The van der Waals surface area contributed by atoms with Gasteiger partial charge in [-0.05, 0) is 30.5 Å². The summed E-state index contributed by atoms with van der Waals surface area (Å²) in [5, 5.41) is 4.33. The quantitative estimate of drug-likeness (QED) is 0.803. The van der Waals surface area contributed by atoms with E-state index < -0.39 is 0 Å². The average Bonchev–Trinajstić information content (AvgIpc) is 2.26. The van der Waals surface area contributed by atoms with Crippen LogP contribution in [0.4, 0.5) is 0 Å². The molecule has 1 nitrogen and oxygen atoms in total. The predicted octanol–water partition coefficient (Wildman–Crippen LogP) is 3.86. The van der Waals surface area contributed by atoms with Crippen LogP contribution in [-0.4, -0.2) is 6.04 Å². The van der Waals surface area contributed by atoms with Crippen molar-refractivity contribution in [2.75, 3.05) is 0 Å². The molecule has 0 fully saturated rings. The highest BCUT2D eigenvalue weighted by molar-refractivity contribution is 6.30. The Morgan fingerprint density at radius 2 is 1.80 bits per heavy atom. The number of benzene rings is 1. The van der Waals surface area contributed by atoms with Gasteiger partial charge in [-0.1, -0.05) is 44.0 Å². The molecule has 1 rings (SSSR count). The van der Waals surface area contributed by atoms with Crippen LogP contribution in [0.25, 0.3) is 0 Å². The van der Waals surface area contributed by atoms with Gasteiger partial charge in [-0.15, -0.1) is 0 Å². The number of halogens is 1. The van der Waals surface area contributed by atoms with Crippen molar-refractivity contribution >= 4 is 11.6 Å². The van der Waals surface area contributed by atoms with Gasteiger partial charge >= 0.3 is 0 Å². The van der Waals surface area contributed by atoms with E-state index in [1.54, 1.807) is 0 Å². The Hall–Kier alpha value is -0.530. The highest BCUT2D eigenvalue weighted by Gasteiger charge is 2.08. The van der Waals surface area contributed by atoms with Crippen LogP contribution in [0.2, 0.25) is 5.02 Å². The van der Waals surface area contributed by atoms with E-state index in [1.807, 2.05) is 12.1 Å². The molecule has 2 atom stereocenters. The van der Waals surface area contributed by atoms with E-state index in [1.165, 1.54) is 12.0 Å². The van der Waals surface area contributed by atoms with Crippen LogP contribution in [0, 0.1) is 5.92 Å². The fourth-order valence-corrected chi connectivity index (χ4v) is 1.56. The maximum absolute atomic E-state index is 5.83. The van der Waals surface area contributed by atoms with Crippen LogP contribution in [0.15, 0.2) is 24.3 Å². The van der Waals surface area contributed by atoms with Gasteiger partial charge in [0, 0.05) is 17.6 Å². The number of hydrogen-bond donors (Lipinski definition) is 1. The topological polar surface area (TPSA) is 12.0 Å². The van der Waals surface area contributed by atoms with Crippen molar-refractivity contribution in [2.45, 2.75) is 39.8 Å². The number of nitrogens with one attached hydrogen (secondary N) is 1. The molecule has 0 unspecified atom stereocenters. The monoisotopic (exact) mass is 225 g/mol. The summed E-state index contributed by atoms with van der Waals surface area (Å²) in [6, 6.07) is 8.57. The molecule has 1 aromatic carbocycles. The molecule has 0 spiro atoms. The Morgan fingerprint density at radius 1 is 1.20 bits per heavy atom. The Balaban J connectivity index is 2.40. The minimum Gasteiger partial charge on any atom is -0.310 e. The molecular formula is C13H20ClN. The zero-order chi connectivity index (χ0) is 11.3. The first kappa shape index (κ1) is 12.5. The molecule has 1 aromatic rings. The lowest BCUT2D eigenvalue weighted by atomic mass is 10.0. The molecule has 0 amide bonds. The van der Waals surface area contributed by atoms with E-state index in [2.05, 4.69) is 38.2 Å². The minimum atomic E-state index is 0.561. The molecule has 0 aliphatic carbocycles. The van der Waals surface area contributed by atoms with Crippen molar-refractivity contribution in [3.63, 3.8) is 0 Å². The molecular weight excluding hydrogens is 206 g/mol. The predicted molar refractivity (Wildman–Crippen MR) is 67.2 cm³/mol. The molecule has 1 N–H and O–H groups in total. The molecule has 0 aromatic heterocycles. The van der Waals surface area contributed by atoms with Crippen LogP contribution in [0.1, 0.15) is 32.8 Å². The molecule has 15 heavy (non-hydrogen) atoms. The SMILES string of the molecule is CC[C@@H](C)[C@@H](C)NCc1ccc(Cl)cc1. The van der Waals surface area contributed by atoms with Crippen LogP contribution in [-0.2, 0) is 6.54 Å². The summed E-state index contributed by atoms with van der Waals surface area (Å²) in [6.07, 6.45) is 1.22. The summed E-state index contributed by atoms with van der Waals surface area (Å²) in [5.74, 6) is 0.720. The largest absolute Gasteiger partial charge is 0.310 e. The lowest BCUT2D eigenvalue weighted by molar-refractivity contribution is 0.389. The van der Waals surface area contributed by atoms with E-state index in [4.69, 9.17) is 11.6 Å². The van der Waals surface area contributed by atoms with Gasteiger partial charge in [0.25, 0.3) is 0 Å². The summed E-state index contributed by atoms with van der Waals surface area (Å²) >= 11 is 5.83. The fourth-order valence-electron chi connectivity index (χ4n) is 1.44. The Morgan fingerprint density at radius 3 is 2.33 bits per heavy atom. The van der Waals surface area contributed by atoms with Crippen molar-refractivity contribution in [1.82, 2.24) is 5.32 Å². The Kier molecular flexibility index (Phi) is 5.13. The van der Waals surface area contributed by atoms with Crippen molar-refractivity contribution in [3.8, 4) is 0 Å². The summed E-state index contributed by atoms with van der Waals surface area (Å²) < 4.78 is 0. The van der Waals surface area contributed by atoms with Gasteiger partial charge in [-0.2, -0.15) is 0 Å². The average molecular weight is 226 g/mol. The third kappa shape index (κ3) is 4.23. The van der Waals surface area contributed by atoms with E-state index in [9.17, 15) is 0 Å². The maximum Gasteiger partial charge on any atom is 0.0406 e. The third-order valence-electron chi connectivity index (χ3n) is 3.04. The molecule has 0 saturated carbocycles.